The second-order valence-electron chi connectivity index (χ2n) is 3.77. The van der Waals surface area contributed by atoms with Crippen LogP contribution in [-0.4, -0.2) is 24.2 Å². The molecule has 0 amide bonds. The van der Waals surface area contributed by atoms with Gasteiger partial charge in [0, 0.05) is 18.3 Å². The van der Waals surface area contributed by atoms with Gasteiger partial charge < -0.3 is 10.1 Å². The molecular weight excluding hydrogens is 335 g/mol. The average molecular weight is 350 g/mol. The van der Waals surface area contributed by atoms with Crippen molar-refractivity contribution in [2.75, 3.05) is 18.5 Å². The topological polar surface area (TPSA) is 64.4 Å². The number of nitro benzene ring substituents is 1. The number of anilines is 1. The minimum absolute atomic E-state index is 0.134. The fourth-order valence-electron chi connectivity index (χ4n) is 1.25. The Labute approximate surface area is 114 Å². The van der Waals surface area contributed by atoms with Crippen molar-refractivity contribution in [2.24, 2.45) is 0 Å². The molecule has 0 aliphatic heterocycles. The standard InChI is InChI=1S/C11H15IN2O3/c1-8(2)17-6-5-13-9-3-4-11(14(15)16)10(12)7-9/h3-4,7-8,13H,5-6H2,1-2H3. The van der Waals surface area contributed by atoms with Crippen LogP contribution in [-0.2, 0) is 4.74 Å². The summed E-state index contributed by atoms with van der Waals surface area (Å²) >= 11 is 1.96. The third-order valence-electron chi connectivity index (χ3n) is 2.03. The van der Waals surface area contributed by atoms with Crippen molar-refractivity contribution in [1.82, 2.24) is 0 Å². The Morgan fingerprint density at radius 3 is 2.76 bits per heavy atom. The highest BCUT2D eigenvalue weighted by Gasteiger charge is 2.11. The molecule has 0 radical (unpaired) electrons. The van der Waals surface area contributed by atoms with Gasteiger partial charge in [-0.15, -0.1) is 0 Å². The second kappa shape index (κ2) is 6.75. The van der Waals surface area contributed by atoms with Gasteiger partial charge in [-0.3, -0.25) is 10.1 Å². The third-order valence-corrected chi connectivity index (χ3v) is 2.89. The Morgan fingerprint density at radius 1 is 1.53 bits per heavy atom. The summed E-state index contributed by atoms with van der Waals surface area (Å²) < 4.78 is 6.01. The van der Waals surface area contributed by atoms with E-state index in [0.717, 1.165) is 5.69 Å². The van der Waals surface area contributed by atoms with Crippen molar-refractivity contribution in [3.63, 3.8) is 0 Å². The largest absolute Gasteiger partial charge is 0.383 e. The number of halogens is 1. The van der Waals surface area contributed by atoms with E-state index >= 15 is 0 Å². The molecule has 1 N–H and O–H groups in total. The van der Waals surface area contributed by atoms with Crippen molar-refractivity contribution in [3.05, 3.63) is 31.9 Å². The van der Waals surface area contributed by atoms with E-state index in [9.17, 15) is 10.1 Å². The molecule has 0 saturated carbocycles. The van der Waals surface area contributed by atoms with E-state index in [-0.39, 0.29) is 16.7 Å². The summed E-state index contributed by atoms with van der Waals surface area (Å²) in [5.74, 6) is 0. The van der Waals surface area contributed by atoms with E-state index in [1.54, 1.807) is 12.1 Å². The van der Waals surface area contributed by atoms with Crippen LogP contribution in [0.3, 0.4) is 0 Å². The molecule has 0 aromatic heterocycles. The van der Waals surface area contributed by atoms with Crippen LogP contribution >= 0.6 is 22.6 Å². The van der Waals surface area contributed by atoms with Gasteiger partial charge in [0.2, 0.25) is 0 Å². The molecule has 0 aliphatic rings. The zero-order chi connectivity index (χ0) is 12.8. The molecule has 5 nitrogen and oxygen atoms in total. The fourth-order valence-corrected chi connectivity index (χ4v) is 1.97. The molecule has 0 fully saturated rings. The lowest BCUT2D eigenvalue weighted by atomic mass is 10.3. The van der Waals surface area contributed by atoms with Crippen LogP contribution in [0.15, 0.2) is 18.2 Å². The minimum atomic E-state index is -0.382. The van der Waals surface area contributed by atoms with Crippen LogP contribution in [0.1, 0.15) is 13.8 Å². The quantitative estimate of drug-likeness (QED) is 0.371. The summed E-state index contributed by atoms with van der Waals surface area (Å²) in [6.07, 6.45) is 0.216. The summed E-state index contributed by atoms with van der Waals surface area (Å²) in [4.78, 5) is 10.2. The molecule has 1 aromatic carbocycles. The number of nitrogens with zero attached hydrogens (tertiary/aromatic N) is 1. The number of nitrogens with one attached hydrogen (secondary N) is 1. The minimum Gasteiger partial charge on any atom is -0.383 e. The van der Waals surface area contributed by atoms with E-state index in [0.29, 0.717) is 16.7 Å². The van der Waals surface area contributed by atoms with E-state index in [2.05, 4.69) is 5.32 Å². The summed E-state index contributed by atoms with van der Waals surface area (Å²) in [6.45, 7) is 5.26. The first-order valence-electron chi connectivity index (χ1n) is 5.30. The first kappa shape index (κ1) is 14.2. The van der Waals surface area contributed by atoms with Crippen molar-refractivity contribution in [1.29, 1.82) is 0 Å². The Morgan fingerprint density at radius 2 is 2.24 bits per heavy atom. The number of rotatable bonds is 6. The number of benzene rings is 1. The van der Waals surface area contributed by atoms with Gasteiger partial charge in [-0.2, -0.15) is 0 Å². The fraction of sp³-hybridized carbons (Fsp3) is 0.455. The predicted molar refractivity (Wildman–Crippen MR) is 75.4 cm³/mol. The van der Waals surface area contributed by atoms with Crippen LogP contribution in [0.4, 0.5) is 11.4 Å². The van der Waals surface area contributed by atoms with Crippen molar-refractivity contribution in [3.8, 4) is 0 Å². The van der Waals surface area contributed by atoms with E-state index < -0.39 is 0 Å². The number of nitro groups is 1. The number of hydrogen-bond donors (Lipinski definition) is 1. The zero-order valence-electron chi connectivity index (χ0n) is 9.77. The highest BCUT2D eigenvalue weighted by atomic mass is 127. The maximum atomic E-state index is 10.6. The van der Waals surface area contributed by atoms with Gasteiger partial charge in [0.1, 0.15) is 0 Å². The summed E-state index contributed by atoms with van der Waals surface area (Å²) in [7, 11) is 0. The third kappa shape index (κ3) is 4.86. The molecule has 0 heterocycles. The van der Waals surface area contributed by atoms with E-state index in [1.165, 1.54) is 6.07 Å². The molecule has 0 saturated heterocycles. The Kier molecular flexibility index (Phi) is 5.63. The van der Waals surface area contributed by atoms with Crippen LogP contribution in [0.25, 0.3) is 0 Å². The van der Waals surface area contributed by atoms with Gasteiger partial charge in [-0.25, -0.2) is 0 Å². The second-order valence-corrected chi connectivity index (χ2v) is 4.93. The molecule has 17 heavy (non-hydrogen) atoms. The molecule has 0 bridgehead atoms. The Balaban J connectivity index is 2.50. The van der Waals surface area contributed by atoms with Gasteiger partial charge in [0.25, 0.3) is 5.69 Å². The summed E-state index contributed by atoms with van der Waals surface area (Å²) in [5, 5.41) is 13.8. The van der Waals surface area contributed by atoms with Crippen LogP contribution in [0, 0.1) is 13.7 Å². The molecular formula is C11H15IN2O3. The summed E-state index contributed by atoms with van der Waals surface area (Å²) in [5.41, 5.74) is 1.00. The van der Waals surface area contributed by atoms with Crippen LogP contribution in [0.5, 0.6) is 0 Å². The number of ether oxygens (including phenoxy) is 1. The molecule has 0 unspecified atom stereocenters. The Hall–Kier alpha value is -0.890. The Bertz CT molecular complexity index is 396. The maximum Gasteiger partial charge on any atom is 0.282 e. The van der Waals surface area contributed by atoms with Crippen LogP contribution in [0.2, 0.25) is 0 Å². The van der Waals surface area contributed by atoms with Crippen molar-refractivity contribution >= 4 is 34.0 Å². The maximum absolute atomic E-state index is 10.6. The van der Waals surface area contributed by atoms with Crippen molar-refractivity contribution < 1.29 is 9.66 Å². The van der Waals surface area contributed by atoms with Gasteiger partial charge in [-0.1, -0.05) is 0 Å². The highest BCUT2D eigenvalue weighted by molar-refractivity contribution is 14.1. The molecule has 1 aromatic rings. The van der Waals surface area contributed by atoms with Gasteiger partial charge in [0.15, 0.2) is 0 Å². The van der Waals surface area contributed by atoms with Gasteiger partial charge >= 0.3 is 0 Å². The van der Waals surface area contributed by atoms with E-state index in [4.69, 9.17) is 4.74 Å². The SMILES string of the molecule is CC(C)OCCNc1ccc([N+](=O)[O-])c(I)c1. The van der Waals surface area contributed by atoms with Crippen LogP contribution < -0.4 is 5.32 Å². The summed E-state index contributed by atoms with van der Waals surface area (Å²) in [6, 6.07) is 4.97. The lowest BCUT2D eigenvalue weighted by Gasteiger charge is -2.09. The van der Waals surface area contributed by atoms with Gasteiger partial charge in [-0.05, 0) is 48.6 Å². The molecule has 0 atom stereocenters. The average Bonchev–Trinajstić information content (AvgIpc) is 2.23. The first-order chi connectivity index (χ1) is 8.00. The van der Waals surface area contributed by atoms with Gasteiger partial charge in [0.05, 0.1) is 21.2 Å². The normalized spacial score (nSPS) is 10.6. The molecule has 94 valence electrons. The predicted octanol–water partition coefficient (Wildman–Crippen LogP) is 3.04. The first-order valence-corrected chi connectivity index (χ1v) is 6.38. The zero-order valence-corrected chi connectivity index (χ0v) is 11.9. The molecule has 0 spiro atoms. The molecule has 0 aliphatic carbocycles. The molecule has 1 rings (SSSR count). The van der Waals surface area contributed by atoms with Crippen molar-refractivity contribution in [2.45, 2.75) is 20.0 Å². The lowest BCUT2D eigenvalue weighted by Crippen LogP contribution is -2.13. The lowest BCUT2D eigenvalue weighted by molar-refractivity contribution is -0.385. The molecule has 6 heteroatoms. The monoisotopic (exact) mass is 350 g/mol. The smallest absolute Gasteiger partial charge is 0.282 e. The highest BCUT2D eigenvalue weighted by Crippen LogP contribution is 2.23. The van der Waals surface area contributed by atoms with E-state index in [1.807, 2.05) is 36.4 Å². The number of hydrogen-bond acceptors (Lipinski definition) is 4.